The molecule has 1 nitrogen and oxygen atoms in total. The standard InChI is InChI=1S/C11H12BrClFN/c12-8-5-9(11(13)10(14)6-8)7-1-3-15-4-2-7/h5-7,15H,1-4H2. The van der Waals surface area contributed by atoms with Gasteiger partial charge in [-0.1, -0.05) is 27.5 Å². The second kappa shape index (κ2) is 4.81. The van der Waals surface area contributed by atoms with Crippen molar-refractivity contribution in [2.45, 2.75) is 18.8 Å². The fourth-order valence-corrected chi connectivity index (χ4v) is 2.72. The summed E-state index contributed by atoms with van der Waals surface area (Å²) in [7, 11) is 0. The zero-order valence-corrected chi connectivity index (χ0v) is 10.5. The number of halogens is 3. The first-order valence-electron chi connectivity index (χ1n) is 5.03. The van der Waals surface area contributed by atoms with Crippen molar-refractivity contribution in [1.82, 2.24) is 5.32 Å². The van der Waals surface area contributed by atoms with Crippen molar-refractivity contribution in [2.75, 3.05) is 13.1 Å². The van der Waals surface area contributed by atoms with Crippen LogP contribution in [0.1, 0.15) is 24.3 Å². The average Bonchev–Trinajstić information content (AvgIpc) is 2.24. The summed E-state index contributed by atoms with van der Waals surface area (Å²) in [6.07, 6.45) is 2.05. The monoisotopic (exact) mass is 291 g/mol. The molecular formula is C11H12BrClFN. The van der Waals surface area contributed by atoms with Gasteiger partial charge < -0.3 is 5.32 Å². The fourth-order valence-electron chi connectivity index (χ4n) is 2.01. The van der Waals surface area contributed by atoms with E-state index in [1.165, 1.54) is 6.07 Å². The Morgan fingerprint density at radius 1 is 1.33 bits per heavy atom. The van der Waals surface area contributed by atoms with Crippen LogP contribution in [0.3, 0.4) is 0 Å². The Hall–Kier alpha value is -0.120. The van der Waals surface area contributed by atoms with Gasteiger partial charge in [0.25, 0.3) is 0 Å². The summed E-state index contributed by atoms with van der Waals surface area (Å²) in [5, 5.41) is 3.57. The molecule has 1 saturated heterocycles. The summed E-state index contributed by atoms with van der Waals surface area (Å²) >= 11 is 9.28. The van der Waals surface area contributed by atoms with Crippen LogP contribution in [-0.4, -0.2) is 13.1 Å². The van der Waals surface area contributed by atoms with E-state index in [0.29, 0.717) is 5.92 Å². The molecule has 0 radical (unpaired) electrons. The summed E-state index contributed by atoms with van der Waals surface area (Å²) in [5.41, 5.74) is 0.935. The second-order valence-electron chi connectivity index (χ2n) is 3.82. The first kappa shape index (κ1) is 11.4. The lowest BCUT2D eigenvalue weighted by molar-refractivity contribution is 0.458. The number of hydrogen-bond acceptors (Lipinski definition) is 1. The number of nitrogens with one attached hydrogen (secondary N) is 1. The summed E-state index contributed by atoms with van der Waals surface area (Å²) < 4.78 is 14.2. The molecule has 0 spiro atoms. The van der Waals surface area contributed by atoms with Gasteiger partial charge in [0.2, 0.25) is 0 Å². The minimum Gasteiger partial charge on any atom is -0.317 e. The molecule has 15 heavy (non-hydrogen) atoms. The largest absolute Gasteiger partial charge is 0.317 e. The van der Waals surface area contributed by atoms with Gasteiger partial charge >= 0.3 is 0 Å². The lowest BCUT2D eigenvalue weighted by atomic mass is 9.90. The Bertz CT molecular complexity index is 364. The maximum absolute atomic E-state index is 13.4. The summed E-state index contributed by atoms with van der Waals surface area (Å²) in [4.78, 5) is 0. The van der Waals surface area contributed by atoms with E-state index in [1.807, 2.05) is 6.07 Å². The Kier molecular flexibility index (Phi) is 3.65. The number of benzene rings is 1. The molecule has 1 fully saturated rings. The highest BCUT2D eigenvalue weighted by Crippen LogP contribution is 2.34. The van der Waals surface area contributed by atoms with E-state index in [2.05, 4.69) is 21.2 Å². The average molecular weight is 293 g/mol. The quantitative estimate of drug-likeness (QED) is 0.778. The van der Waals surface area contributed by atoms with Crippen LogP contribution in [0.2, 0.25) is 5.02 Å². The Balaban J connectivity index is 2.33. The third-order valence-corrected chi connectivity index (χ3v) is 3.66. The van der Waals surface area contributed by atoms with E-state index in [0.717, 1.165) is 36.0 Å². The van der Waals surface area contributed by atoms with E-state index in [9.17, 15) is 4.39 Å². The van der Waals surface area contributed by atoms with E-state index in [1.54, 1.807) is 0 Å². The van der Waals surface area contributed by atoms with Crippen LogP contribution in [0, 0.1) is 5.82 Å². The van der Waals surface area contributed by atoms with Crippen LogP contribution in [0.25, 0.3) is 0 Å². The molecule has 0 amide bonds. The van der Waals surface area contributed by atoms with Gasteiger partial charge in [-0.25, -0.2) is 4.39 Å². The molecule has 1 aliphatic heterocycles. The van der Waals surface area contributed by atoms with Crippen molar-refractivity contribution >= 4 is 27.5 Å². The molecule has 1 heterocycles. The topological polar surface area (TPSA) is 12.0 Å². The first-order chi connectivity index (χ1) is 7.18. The smallest absolute Gasteiger partial charge is 0.143 e. The van der Waals surface area contributed by atoms with Crippen LogP contribution >= 0.6 is 27.5 Å². The van der Waals surface area contributed by atoms with Crippen molar-refractivity contribution in [2.24, 2.45) is 0 Å². The van der Waals surface area contributed by atoms with Crippen LogP contribution in [0.5, 0.6) is 0 Å². The molecule has 1 N–H and O–H groups in total. The maximum Gasteiger partial charge on any atom is 0.143 e. The summed E-state index contributed by atoms with van der Waals surface area (Å²) in [6.45, 7) is 1.96. The molecule has 1 aromatic carbocycles. The van der Waals surface area contributed by atoms with E-state index >= 15 is 0 Å². The predicted molar refractivity (Wildman–Crippen MR) is 64.0 cm³/mol. The molecule has 4 heteroatoms. The molecule has 1 aromatic rings. The molecule has 0 aromatic heterocycles. The Labute approximate surface area is 102 Å². The van der Waals surface area contributed by atoms with Gasteiger partial charge in [0.15, 0.2) is 0 Å². The summed E-state index contributed by atoms with van der Waals surface area (Å²) in [6, 6.07) is 3.34. The lowest BCUT2D eigenvalue weighted by Crippen LogP contribution is -2.26. The van der Waals surface area contributed by atoms with Crippen molar-refractivity contribution in [3.8, 4) is 0 Å². The molecule has 0 saturated carbocycles. The van der Waals surface area contributed by atoms with Gasteiger partial charge in [-0.15, -0.1) is 0 Å². The van der Waals surface area contributed by atoms with E-state index in [4.69, 9.17) is 11.6 Å². The third-order valence-electron chi connectivity index (χ3n) is 2.80. The SMILES string of the molecule is Fc1cc(Br)cc(C2CCNCC2)c1Cl. The minimum atomic E-state index is -0.334. The third kappa shape index (κ3) is 2.52. The summed E-state index contributed by atoms with van der Waals surface area (Å²) in [5.74, 6) is 0.0466. The van der Waals surface area contributed by atoms with Crippen LogP contribution in [0.4, 0.5) is 4.39 Å². The van der Waals surface area contributed by atoms with Gasteiger partial charge in [0, 0.05) is 4.47 Å². The van der Waals surface area contributed by atoms with Gasteiger partial charge in [-0.05, 0) is 49.5 Å². The van der Waals surface area contributed by atoms with Gasteiger partial charge in [-0.2, -0.15) is 0 Å². The van der Waals surface area contributed by atoms with Crippen molar-refractivity contribution in [3.63, 3.8) is 0 Å². The normalized spacial score (nSPS) is 18.1. The molecule has 0 bridgehead atoms. The Morgan fingerprint density at radius 2 is 2.00 bits per heavy atom. The Morgan fingerprint density at radius 3 is 2.67 bits per heavy atom. The highest BCUT2D eigenvalue weighted by atomic mass is 79.9. The van der Waals surface area contributed by atoms with Crippen molar-refractivity contribution in [3.05, 3.63) is 33.0 Å². The zero-order chi connectivity index (χ0) is 10.8. The lowest BCUT2D eigenvalue weighted by Gasteiger charge is -2.24. The molecule has 0 unspecified atom stereocenters. The molecular weight excluding hydrogens is 280 g/mol. The van der Waals surface area contributed by atoms with Crippen molar-refractivity contribution < 1.29 is 4.39 Å². The van der Waals surface area contributed by atoms with Crippen molar-refractivity contribution in [1.29, 1.82) is 0 Å². The van der Waals surface area contributed by atoms with E-state index in [-0.39, 0.29) is 10.8 Å². The second-order valence-corrected chi connectivity index (χ2v) is 5.11. The first-order valence-corrected chi connectivity index (χ1v) is 6.20. The van der Waals surface area contributed by atoms with Gasteiger partial charge in [0.05, 0.1) is 5.02 Å². The molecule has 82 valence electrons. The molecule has 2 rings (SSSR count). The number of rotatable bonds is 1. The zero-order valence-electron chi connectivity index (χ0n) is 8.19. The van der Waals surface area contributed by atoms with E-state index < -0.39 is 0 Å². The highest BCUT2D eigenvalue weighted by molar-refractivity contribution is 9.10. The number of hydrogen-bond donors (Lipinski definition) is 1. The minimum absolute atomic E-state index is 0.283. The van der Waals surface area contributed by atoms with Crippen LogP contribution < -0.4 is 5.32 Å². The molecule has 1 aliphatic rings. The maximum atomic E-state index is 13.4. The fraction of sp³-hybridized carbons (Fsp3) is 0.455. The molecule has 0 atom stereocenters. The van der Waals surface area contributed by atoms with Gasteiger partial charge in [-0.3, -0.25) is 0 Å². The van der Waals surface area contributed by atoms with Crippen LogP contribution in [0.15, 0.2) is 16.6 Å². The number of piperidine rings is 1. The van der Waals surface area contributed by atoms with Crippen LogP contribution in [-0.2, 0) is 0 Å². The predicted octanol–water partition coefficient (Wildman–Crippen LogP) is 3.71. The molecule has 0 aliphatic carbocycles. The van der Waals surface area contributed by atoms with Gasteiger partial charge in [0.1, 0.15) is 5.82 Å². The highest BCUT2D eigenvalue weighted by Gasteiger charge is 2.20.